The van der Waals surface area contributed by atoms with Crippen molar-refractivity contribution in [1.82, 2.24) is 4.90 Å². The fourth-order valence-corrected chi connectivity index (χ4v) is 1.95. The first-order valence-corrected chi connectivity index (χ1v) is 7.86. The Bertz CT molecular complexity index is 413. The van der Waals surface area contributed by atoms with Gasteiger partial charge in [0.1, 0.15) is 11.6 Å². The summed E-state index contributed by atoms with van der Waals surface area (Å²) < 4.78 is 10.1. The molecule has 23 heavy (non-hydrogen) atoms. The van der Waals surface area contributed by atoms with Gasteiger partial charge in [0.25, 0.3) is 0 Å². The van der Waals surface area contributed by atoms with Gasteiger partial charge in [-0.1, -0.05) is 13.8 Å². The summed E-state index contributed by atoms with van der Waals surface area (Å²) in [6.45, 7) is 10.7. The molecule has 0 fully saturated rings. The van der Waals surface area contributed by atoms with Gasteiger partial charge in [0, 0.05) is 6.54 Å². The highest BCUT2D eigenvalue weighted by Gasteiger charge is 2.33. The lowest BCUT2D eigenvalue weighted by molar-refractivity contribution is -0.147. The lowest BCUT2D eigenvalue weighted by Gasteiger charge is -2.32. The molecule has 0 rings (SSSR count). The molecule has 0 aromatic carbocycles. The molecule has 0 aromatic heterocycles. The van der Waals surface area contributed by atoms with Crippen molar-refractivity contribution in [3.8, 4) is 0 Å². The quantitative estimate of drug-likeness (QED) is 0.687. The minimum atomic E-state index is -1.12. The second kappa shape index (κ2) is 9.37. The normalized spacial score (nSPS) is 12.7. The van der Waals surface area contributed by atoms with Crippen LogP contribution in [-0.4, -0.2) is 52.8 Å². The molecule has 7 nitrogen and oxygen atoms in total. The zero-order valence-electron chi connectivity index (χ0n) is 14.9. The van der Waals surface area contributed by atoms with E-state index in [4.69, 9.17) is 9.47 Å². The van der Waals surface area contributed by atoms with Crippen molar-refractivity contribution in [2.24, 2.45) is 5.92 Å². The maximum absolute atomic E-state index is 12.3. The molecule has 1 atom stereocenters. The van der Waals surface area contributed by atoms with Crippen molar-refractivity contribution >= 4 is 18.0 Å². The number of carboxylic acids is 1. The van der Waals surface area contributed by atoms with Crippen molar-refractivity contribution in [3.05, 3.63) is 0 Å². The summed E-state index contributed by atoms with van der Waals surface area (Å²) in [5, 5.41) is 9.44. The number of rotatable bonds is 8. The molecule has 0 unspecified atom stereocenters. The predicted octanol–water partition coefficient (Wildman–Crippen LogP) is 2.68. The number of carbonyl (C=O) groups excluding carboxylic acids is 2. The van der Waals surface area contributed by atoms with Crippen LogP contribution in [0.3, 0.4) is 0 Å². The van der Waals surface area contributed by atoms with Crippen LogP contribution in [0.15, 0.2) is 0 Å². The number of carboxylic acid groups (broad SMARTS) is 1. The lowest BCUT2D eigenvalue weighted by Crippen LogP contribution is -2.48. The number of aliphatic carboxylic acids is 1. The second-order valence-corrected chi connectivity index (χ2v) is 6.71. The molecule has 0 aliphatic rings. The van der Waals surface area contributed by atoms with Crippen LogP contribution in [0, 0.1) is 5.92 Å². The molecular formula is C16H29NO6. The van der Waals surface area contributed by atoms with Gasteiger partial charge in [0.05, 0.1) is 13.0 Å². The van der Waals surface area contributed by atoms with Gasteiger partial charge in [-0.3, -0.25) is 9.69 Å². The number of nitrogens with zero attached hydrogens (tertiary/aromatic N) is 1. The summed E-state index contributed by atoms with van der Waals surface area (Å²) in [6, 6.07) is -1.04. The van der Waals surface area contributed by atoms with E-state index in [0.717, 1.165) is 4.90 Å². The summed E-state index contributed by atoms with van der Waals surface area (Å²) in [7, 11) is 0. The molecule has 0 saturated carbocycles. The zero-order chi connectivity index (χ0) is 18.2. The fraction of sp³-hybridized carbons (Fsp3) is 0.812. The average Bonchev–Trinajstić information content (AvgIpc) is 2.35. The SMILES string of the molecule is CCOC(=O)CCN(C(=O)OC(C)(C)C)[C@H](CC(C)C)C(=O)O. The molecule has 0 heterocycles. The molecule has 0 spiro atoms. The maximum Gasteiger partial charge on any atom is 0.411 e. The van der Waals surface area contributed by atoms with Crippen molar-refractivity contribution < 1.29 is 29.0 Å². The van der Waals surface area contributed by atoms with Gasteiger partial charge in [0.15, 0.2) is 0 Å². The number of hydrogen-bond donors (Lipinski definition) is 1. The summed E-state index contributed by atoms with van der Waals surface area (Å²) in [6.07, 6.45) is -0.540. The van der Waals surface area contributed by atoms with E-state index in [0.29, 0.717) is 0 Å². The molecular weight excluding hydrogens is 302 g/mol. The van der Waals surface area contributed by atoms with E-state index in [-0.39, 0.29) is 31.9 Å². The van der Waals surface area contributed by atoms with E-state index < -0.39 is 29.7 Å². The summed E-state index contributed by atoms with van der Waals surface area (Å²) >= 11 is 0. The molecule has 7 heteroatoms. The third-order valence-corrected chi connectivity index (χ3v) is 2.85. The van der Waals surface area contributed by atoms with E-state index in [2.05, 4.69) is 0 Å². The summed E-state index contributed by atoms with van der Waals surface area (Å²) in [5.41, 5.74) is -0.750. The van der Waals surface area contributed by atoms with E-state index in [1.54, 1.807) is 27.7 Å². The minimum absolute atomic E-state index is 0.0581. The number of amides is 1. The van der Waals surface area contributed by atoms with E-state index in [9.17, 15) is 19.5 Å². The topological polar surface area (TPSA) is 93.1 Å². The molecule has 0 radical (unpaired) electrons. The van der Waals surface area contributed by atoms with Gasteiger partial charge in [-0.2, -0.15) is 0 Å². The number of ether oxygens (including phenoxy) is 2. The molecule has 0 aliphatic heterocycles. The van der Waals surface area contributed by atoms with Crippen LogP contribution < -0.4 is 0 Å². The van der Waals surface area contributed by atoms with E-state index in [1.807, 2.05) is 13.8 Å². The molecule has 0 aromatic rings. The van der Waals surface area contributed by atoms with Gasteiger partial charge in [0.2, 0.25) is 0 Å². The molecule has 134 valence electrons. The lowest BCUT2D eigenvalue weighted by atomic mass is 10.0. The number of carbonyl (C=O) groups is 3. The van der Waals surface area contributed by atoms with Gasteiger partial charge in [-0.15, -0.1) is 0 Å². The third kappa shape index (κ3) is 9.05. The van der Waals surface area contributed by atoms with Crippen LogP contribution in [-0.2, 0) is 19.1 Å². The Morgan fingerprint density at radius 2 is 1.74 bits per heavy atom. The highest BCUT2D eigenvalue weighted by atomic mass is 16.6. The first-order valence-electron chi connectivity index (χ1n) is 7.86. The first kappa shape index (κ1) is 21.2. The van der Waals surface area contributed by atoms with Crippen LogP contribution >= 0.6 is 0 Å². The predicted molar refractivity (Wildman–Crippen MR) is 85.1 cm³/mol. The van der Waals surface area contributed by atoms with Crippen LogP contribution in [0.5, 0.6) is 0 Å². The largest absolute Gasteiger partial charge is 0.480 e. The fourth-order valence-electron chi connectivity index (χ4n) is 1.95. The Morgan fingerprint density at radius 1 is 1.17 bits per heavy atom. The number of esters is 1. The van der Waals surface area contributed by atoms with E-state index in [1.165, 1.54) is 0 Å². The Morgan fingerprint density at radius 3 is 2.13 bits per heavy atom. The summed E-state index contributed by atoms with van der Waals surface area (Å²) in [5.74, 6) is -1.52. The molecule has 0 bridgehead atoms. The van der Waals surface area contributed by atoms with Crippen LogP contribution in [0.2, 0.25) is 0 Å². The molecule has 1 N–H and O–H groups in total. The molecule has 1 amide bonds. The van der Waals surface area contributed by atoms with Gasteiger partial charge in [-0.25, -0.2) is 9.59 Å². The van der Waals surface area contributed by atoms with Crippen molar-refractivity contribution in [2.45, 2.75) is 66.0 Å². The highest BCUT2D eigenvalue weighted by Crippen LogP contribution is 2.17. The first-order chi connectivity index (χ1) is 10.5. The zero-order valence-corrected chi connectivity index (χ0v) is 14.9. The van der Waals surface area contributed by atoms with Crippen LogP contribution in [0.1, 0.15) is 54.4 Å². The molecule has 0 aliphatic carbocycles. The summed E-state index contributed by atoms with van der Waals surface area (Å²) in [4.78, 5) is 36.5. The molecule has 0 saturated heterocycles. The third-order valence-electron chi connectivity index (χ3n) is 2.85. The minimum Gasteiger partial charge on any atom is -0.480 e. The Hall–Kier alpha value is -1.79. The van der Waals surface area contributed by atoms with Gasteiger partial charge < -0.3 is 14.6 Å². The average molecular weight is 331 g/mol. The highest BCUT2D eigenvalue weighted by molar-refractivity contribution is 5.80. The van der Waals surface area contributed by atoms with Crippen LogP contribution in [0.25, 0.3) is 0 Å². The van der Waals surface area contributed by atoms with Gasteiger partial charge in [-0.05, 0) is 40.0 Å². The Balaban J connectivity index is 5.20. The van der Waals surface area contributed by atoms with Crippen molar-refractivity contribution in [2.75, 3.05) is 13.2 Å². The Kier molecular flexibility index (Phi) is 8.64. The monoisotopic (exact) mass is 331 g/mol. The van der Waals surface area contributed by atoms with Crippen molar-refractivity contribution in [3.63, 3.8) is 0 Å². The smallest absolute Gasteiger partial charge is 0.411 e. The standard InChI is InChI=1S/C16H29NO6/c1-7-22-13(18)8-9-17(15(21)23-16(4,5)6)12(14(19)20)10-11(2)3/h11-12H,7-10H2,1-6H3,(H,19,20)/t12-/m1/s1. The number of hydrogen-bond acceptors (Lipinski definition) is 5. The van der Waals surface area contributed by atoms with Crippen LogP contribution in [0.4, 0.5) is 4.79 Å². The maximum atomic E-state index is 12.3. The second-order valence-electron chi connectivity index (χ2n) is 6.71. The van der Waals surface area contributed by atoms with E-state index >= 15 is 0 Å². The Labute approximate surface area is 137 Å². The van der Waals surface area contributed by atoms with Crippen molar-refractivity contribution in [1.29, 1.82) is 0 Å². The van der Waals surface area contributed by atoms with Gasteiger partial charge >= 0.3 is 18.0 Å².